The molecule has 0 saturated carbocycles. The molecule has 3 rings (SSSR count). The zero-order valence-corrected chi connectivity index (χ0v) is 18.4. The SMILES string of the molecule is COc1nc2cc(OCC3CCN(C)CC3)ccc2c(=O)n1COC(=O)C(C)(C)C. The molecule has 1 aliphatic heterocycles. The van der Waals surface area contributed by atoms with E-state index in [2.05, 4.69) is 16.9 Å². The summed E-state index contributed by atoms with van der Waals surface area (Å²) in [4.78, 5) is 31.7. The number of aromatic nitrogens is 2. The minimum absolute atomic E-state index is 0.0849. The van der Waals surface area contributed by atoms with Crippen LogP contribution in [0.1, 0.15) is 33.6 Å². The molecule has 1 aromatic carbocycles. The molecule has 1 aromatic heterocycles. The average molecular weight is 418 g/mol. The Morgan fingerprint density at radius 1 is 1.23 bits per heavy atom. The van der Waals surface area contributed by atoms with Crippen LogP contribution in [0.3, 0.4) is 0 Å². The van der Waals surface area contributed by atoms with Gasteiger partial charge in [0.15, 0.2) is 6.73 Å². The predicted molar refractivity (Wildman–Crippen MR) is 114 cm³/mol. The number of methoxy groups -OCH3 is 1. The molecule has 0 aliphatic carbocycles. The number of benzene rings is 1. The van der Waals surface area contributed by atoms with Crippen molar-refractivity contribution in [3.63, 3.8) is 0 Å². The first-order valence-electron chi connectivity index (χ1n) is 10.3. The van der Waals surface area contributed by atoms with Gasteiger partial charge in [0.2, 0.25) is 0 Å². The monoisotopic (exact) mass is 417 g/mol. The third-order valence-electron chi connectivity index (χ3n) is 5.34. The second-order valence-corrected chi connectivity index (χ2v) is 8.88. The molecule has 0 spiro atoms. The summed E-state index contributed by atoms with van der Waals surface area (Å²) < 4.78 is 17.7. The molecule has 0 N–H and O–H groups in total. The van der Waals surface area contributed by atoms with Crippen LogP contribution in [-0.2, 0) is 16.3 Å². The lowest BCUT2D eigenvalue weighted by atomic mass is 9.98. The third-order valence-corrected chi connectivity index (χ3v) is 5.34. The van der Waals surface area contributed by atoms with E-state index in [1.807, 2.05) is 0 Å². The minimum atomic E-state index is -0.666. The van der Waals surface area contributed by atoms with Gasteiger partial charge in [0.25, 0.3) is 5.56 Å². The highest BCUT2D eigenvalue weighted by atomic mass is 16.6. The van der Waals surface area contributed by atoms with Crippen LogP contribution >= 0.6 is 0 Å². The van der Waals surface area contributed by atoms with E-state index >= 15 is 0 Å². The Kier molecular flexibility index (Phi) is 6.65. The zero-order chi connectivity index (χ0) is 21.9. The van der Waals surface area contributed by atoms with E-state index in [4.69, 9.17) is 14.2 Å². The van der Waals surface area contributed by atoms with Crippen molar-refractivity contribution in [2.75, 3.05) is 33.9 Å². The maximum Gasteiger partial charge on any atom is 0.312 e. The number of rotatable bonds is 6. The van der Waals surface area contributed by atoms with E-state index in [1.165, 1.54) is 11.7 Å². The fourth-order valence-corrected chi connectivity index (χ4v) is 3.32. The van der Waals surface area contributed by atoms with E-state index < -0.39 is 11.4 Å². The number of carbonyl (C=O) groups is 1. The van der Waals surface area contributed by atoms with E-state index in [0.29, 0.717) is 29.2 Å². The molecule has 2 aromatic rings. The van der Waals surface area contributed by atoms with Gasteiger partial charge in [-0.3, -0.25) is 9.59 Å². The van der Waals surface area contributed by atoms with E-state index in [9.17, 15) is 9.59 Å². The molecule has 0 atom stereocenters. The van der Waals surface area contributed by atoms with Crippen molar-refractivity contribution in [1.29, 1.82) is 0 Å². The smallest absolute Gasteiger partial charge is 0.312 e. The van der Waals surface area contributed by atoms with Gasteiger partial charge in [0.1, 0.15) is 5.75 Å². The van der Waals surface area contributed by atoms with Crippen LogP contribution in [0.15, 0.2) is 23.0 Å². The van der Waals surface area contributed by atoms with E-state index in [1.54, 1.807) is 39.0 Å². The Bertz CT molecular complexity index is 956. The number of ether oxygens (including phenoxy) is 3. The van der Waals surface area contributed by atoms with Crippen LogP contribution in [0.4, 0.5) is 0 Å². The highest BCUT2D eigenvalue weighted by Crippen LogP contribution is 2.23. The van der Waals surface area contributed by atoms with Gasteiger partial charge < -0.3 is 19.1 Å². The highest BCUT2D eigenvalue weighted by molar-refractivity contribution is 5.79. The molecular weight excluding hydrogens is 386 g/mol. The van der Waals surface area contributed by atoms with Gasteiger partial charge in [-0.15, -0.1) is 0 Å². The third kappa shape index (κ3) is 5.11. The van der Waals surface area contributed by atoms with Crippen molar-refractivity contribution in [1.82, 2.24) is 14.5 Å². The Hall–Kier alpha value is -2.61. The minimum Gasteiger partial charge on any atom is -0.493 e. The van der Waals surface area contributed by atoms with Gasteiger partial charge in [0, 0.05) is 6.07 Å². The molecule has 0 bridgehead atoms. The molecule has 1 aliphatic rings. The topological polar surface area (TPSA) is 82.9 Å². The Morgan fingerprint density at radius 3 is 2.57 bits per heavy atom. The molecule has 0 radical (unpaired) electrons. The highest BCUT2D eigenvalue weighted by Gasteiger charge is 2.24. The first-order valence-corrected chi connectivity index (χ1v) is 10.3. The van der Waals surface area contributed by atoms with Crippen molar-refractivity contribution < 1.29 is 19.0 Å². The zero-order valence-electron chi connectivity index (χ0n) is 18.4. The van der Waals surface area contributed by atoms with Gasteiger partial charge in [-0.1, -0.05) is 0 Å². The summed E-state index contributed by atoms with van der Waals surface area (Å²) in [6.07, 6.45) is 2.24. The summed E-state index contributed by atoms with van der Waals surface area (Å²) in [5, 5.41) is 0.411. The number of fused-ring (bicyclic) bond motifs is 1. The molecule has 0 unspecified atom stereocenters. The summed E-state index contributed by atoms with van der Waals surface area (Å²) in [5.74, 6) is 0.798. The maximum atomic E-state index is 12.9. The molecule has 30 heavy (non-hydrogen) atoms. The fourth-order valence-electron chi connectivity index (χ4n) is 3.32. The number of nitrogens with zero attached hydrogens (tertiary/aromatic N) is 3. The summed E-state index contributed by atoms with van der Waals surface area (Å²) in [5.41, 5.74) is -0.516. The Balaban J connectivity index is 1.77. The normalized spacial score (nSPS) is 15.9. The molecule has 0 amide bonds. The second kappa shape index (κ2) is 9.04. The second-order valence-electron chi connectivity index (χ2n) is 8.88. The lowest BCUT2D eigenvalue weighted by Crippen LogP contribution is -2.32. The Morgan fingerprint density at radius 2 is 1.93 bits per heavy atom. The van der Waals surface area contributed by atoms with Crippen LogP contribution in [0.25, 0.3) is 10.9 Å². The van der Waals surface area contributed by atoms with Gasteiger partial charge >= 0.3 is 12.0 Å². The lowest BCUT2D eigenvalue weighted by Gasteiger charge is -2.28. The summed E-state index contributed by atoms with van der Waals surface area (Å²) in [6, 6.07) is 5.30. The van der Waals surface area contributed by atoms with E-state index in [-0.39, 0.29) is 18.3 Å². The van der Waals surface area contributed by atoms with Crippen LogP contribution in [0.5, 0.6) is 11.8 Å². The predicted octanol–water partition coefficient (Wildman–Crippen LogP) is 2.67. The largest absolute Gasteiger partial charge is 0.493 e. The van der Waals surface area contributed by atoms with Gasteiger partial charge in [-0.05, 0) is 71.8 Å². The first kappa shape index (κ1) is 22.1. The van der Waals surface area contributed by atoms with E-state index in [0.717, 1.165) is 25.9 Å². The van der Waals surface area contributed by atoms with Crippen LogP contribution in [0, 0.1) is 11.3 Å². The van der Waals surface area contributed by atoms with Crippen LogP contribution in [0.2, 0.25) is 0 Å². The standard InChI is InChI=1S/C22H31N3O5/c1-22(2,3)20(27)30-14-25-19(26)17-7-6-16(12-18(17)23-21(25)28-5)29-13-15-8-10-24(4)11-9-15/h6-7,12,15H,8-11,13-14H2,1-5H3. The maximum absolute atomic E-state index is 12.9. The molecule has 1 saturated heterocycles. The quantitative estimate of drug-likeness (QED) is 0.668. The number of carbonyl (C=O) groups excluding carboxylic acids is 1. The number of piperidine rings is 1. The van der Waals surface area contributed by atoms with Crippen LogP contribution in [-0.4, -0.2) is 54.3 Å². The molecule has 8 heteroatoms. The summed E-state index contributed by atoms with van der Waals surface area (Å²) in [7, 11) is 3.56. The fraction of sp³-hybridized carbons (Fsp3) is 0.591. The van der Waals surface area contributed by atoms with Gasteiger partial charge in [-0.25, -0.2) is 4.57 Å². The van der Waals surface area contributed by atoms with Crippen molar-refractivity contribution in [2.45, 2.75) is 40.3 Å². The van der Waals surface area contributed by atoms with Gasteiger partial charge in [-0.2, -0.15) is 4.98 Å². The summed E-state index contributed by atoms with van der Waals surface area (Å²) in [6.45, 7) is 7.82. The van der Waals surface area contributed by atoms with Crippen molar-refractivity contribution in [3.05, 3.63) is 28.6 Å². The van der Waals surface area contributed by atoms with Crippen LogP contribution < -0.4 is 15.0 Å². The Labute approximate surface area is 176 Å². The number of hydrogen-bond acceptors (Lipinski definition) is 7. The number of esters is 1. The number of likely N-dealkylation sites (tertiary alicyclic amines) is 1. The molecule has 8 nitrogen and oxygen atoms in total. The molecule has 1 fully saturated rings. The molecule has 2 heterocycles. The van der Waals surface area contributed by atoms with Crippen molar-refractivity contribution in [3.8, 4) is 11.8 Å². The average Bonchev–Trinajstić information content (AvgIpc) is 2.71. The van der Waals surface area contributed by atoms with Gasteiger partial charge in [0.05, 0.1) is 30.0 Å². The van der Waals surface area contributed by atoms with Crippen molar-refractivity contribution >= 4 is 16.9 Å². The molecule has 164 valence electrons. The summed E-state index contributed by atoms with van der Waals surface area (Å²) >= 11 is 0. The molecular formula is C22H31N3O5. The van der Waals surface area contributed by atoms with Crippen molar-refractivity contribution in [2.24, 2.45) is 11.3 Å². The first-order chi connectivity index (χ1) is 14.2. The number of hydrogen-bond donors (Lipinski definition) is 0. The lowest BCUT2D eigenvalue weighted by molar-refractivity contribution is -0.157.